The quantitative estimate of drug-likeness (QED) is 0.238. The lowest BCUT2D eigenvalue weighted by atomic mass is 10.1. The van der Waals surface area contributed by atoms with Crippen molar-refractivity contribution in [3.8, 4) is 11.5 Å². The molecule has 3 amide bonds. The molecule has 0 radical (unpaired) electrons. The van der Waals surface area contributed by atoms with Gasteiger partial charge in [0.25, 0.3) is 0 Å². The number of unbranched alkanes of at least 4 members (excludes halogenated alkanes) is 1. The van der Waals surface area contributed by atoms with Crippen LogP contribution in [0, 0.1) is 0 Å². The average Bonchev–Trinajstić information content (AvgIpc) is 3.43. The summed E-state index contributed by atoms with van der Waals surface area (Å²) >= 11 is 14.1. The van der Waals surface area contributed by atoms with Crippen molar-refractivity contribution < 1.29 is 19.1 Å². The highest BCUT2D eigenvalue weighted by Gasteiger charge is 2.23. The Hall–Kier alpha value is -2.94. The first-order chi connectivity index (χ1) is 18.4. The van der Waals surface area contributed by atoms with Crippen LogP contribution in [-0.4, -0.2) is 55.6 Å². The van der Waals surface area contributed by atoms with E-state index in [9.17, 15) is 9.59 Å². The van der Waals surface area contributed by atoms with Gasteiger partial charge in [0.15, 0.2) is 11.5 Å². The Morgan fingerprint density at radius 2 is 1.68 bits per heavy atom. The monoisotopic (exact) mass is 577 g/mol. The fourth-order valence-electron chi connectivity index (χ4n) is 3.85. The molecule has 7 nitrogen and oxygen atoms in total. The van der Waals surface area contributed by atoms with Crippen molar-refractivity contribution in [2.24, 2.45) is 0 Å². The highest BCUT2D eigenvalue weighted by molar-refractivity contribution is 7.09. The molecule has 38 heavy (non-hydrogen) atoms. The minimum atomic E-state index is -0.419. The van der Waals surface area contributed by atoms with Crippen LogP contribution in [0.2, 0.25) is 10.0 Å². The van der Waals surface area contributed by atoms with E-state index in [-0.39, 0.29) is 12.5 Å². The molecular formula is C28H33Cl2N3O4S. The van der Waals surface area contributed by atoms with Gasteiger partial charge in [-0.05, 0) is 54.1 Å². The topological polar surface area (TPSA) is 71.1 Å². The SMILES string of the molecule is CCCCN(CC(=O)N(CCc1ccc(OC)c(OC)c1)Cc1cccs1)C(=O)Nc1c(Cl)cccc1Cl. The first-order valence-electron chi connectivity index (χ1n) is 12.4. The largest absolute Gasteiger partial charge is 0.493 e. The number of para-hydroxylation sites is 1. The number of amides is 3. The van der Waals surface area contributed by atoms with E-state index in [0.717, 1.165) is 23.3 Å². The van der Waals surface area contributed by atoms with Crippen LogP contribution >= 0.6 is 34.5 Å². The first-order valence-corrected chi connectivity index (χ1v) is 14.0. The van der Waals surface area contributed by atoms with Gasteiger partial charge in [0, 0.05) is 18.0 Å². The number of methoxy groups -OCH3 is 2. The highest BCUT2D eigenvalue weighted by Crippen LogP contribution is 2.30. The molecule has 0 spiro atoms. The fourth-order valence-corrected chi connectivity index (χ4v) is 5.06. The number of hydrogen-bond acceptors (Lipinski definition) is 5. The molecule has 0 unspecified atom stereocenters. The van der Waals surface area contributed by atoms with Crippen molar-refractivity contribution in [2.75, 3.05) is 39.2 Å². The van der Waals surface area contributed by atoms with Crippen molar-refractivity contribution in [3.63, 3.8) is 0 Å². The average molecular weight is 579 g/mol. The number of nitrogens with zero attached hydrogens (tertiary/aromatic N) is 2. The van der Waals surface area contributed by atoms with Crippen molar-refractivity contribution in [3.05, 3.63) is 74.4 Å². The molecule has 0 aliphatic rings. The molecule has 1 heterocycles. The van der Waals surface area contributed by atoms with E-state index in [1.165, 1.54) is 4.90 Å². The second kappa shape index (κ2) is 14.9. The minimum Gasteiger partial charge on any atom is -0.493 e. The van der Waals surface area contributed by atoms with E-state index >= 15 is 0 Å². The van der Waals surface area contributed by atoms with Crippen molar-refractivity contribution in [2.45, 2.75) is 32.7 Å². The van der Waals surface area contributed by atoms with Crippen LogP contribution in [-0.2, 0) is 17.8 Å². The summed E-state index contributed by atoms with van der Waals surface area (Å²) in [6.45, 7) is 3.34. The number of rotatable bonds is 13. The summed E-state index contributed by atoms with van der Waals surface area (Å²) < 4.78 is 10.8. The number of ether oxygens (including phenoxy) is 2. The number of benzene rings is 2. The Morgan fingerprint density at radius 3 is 2.32 bits per heavy atom. The normalized spacial score (nSPS) is 10.7. The Kier molecular flexibility index (Phi) is 11.6. The molecule has 1 N–H and O–H groups in total. The second-order valence-electron chi connectivity index (χ2n) is 8.64. The van der Waals surface area contributed by atoms with Crippen LogP contribution in [0.15, 0.2) is 53.9 Å². The summed E-state index contributed by atoms with van der Waals surface area (Å²) in [5.41, 5.74) is 1.35. The van der Waals surface area contributed by atoms with Crippen LogP contribution < -0.4 is 14.8 Å². The molecule has 2 aromatic carbocycles. The van der Waals surface area contributed by atoms with Crippen LogP contribution in [0.3, 0.4) is 0 Å². The first kappa shape index (κ1) is 29.6. The maximum Gasteiger partial charge on any atom is 0.322 e. The number of hydrogen-bond donors (Lipinski definition) is 1. The molecule has 0 fully saturated rings. The molecular weight excluding hydrogens is 545 g/mol. The van der Waals surface area contributed by atoms with E-state index in [1.807, 2.05) is 42.6 Å². The lowest BCUT2D eigenvalue weighted by molar-refractivity contribution is -0.132. The van der Waals surface area contributed by atoms with Gasteiger partial charge in [0.05, 0.1) is 36.5 Å². The predicted octanol–water partition coefficient (Wildman–Crippen LogP) is 6.98. The zero-order valence-corrected chi connectivity index (χ0v) is 24.2. The number of nitrogens with one attached hydrogen (secondary N) is 1. The number of urea groups is 1. The third-order valence-electron chi connectivity index (χ3n) is 5.99. The smallest absolute Gasteiger partial charge is 0.322 e. The van der Waals surface area contributed by atoms with Crippen LogP contribution in [0.25, 0.3) is 0 Å². The second-order valence-corrected chi connectivity index (χ2v) is 10.5. The molecule has 0 aliphatic heterocycles. The van der Waals surface area contributed by atoms with E-state index in [4.69, 9.17) is 32.7 Å². The molecule has 0 saturated carbocycles. The van der Waals surface area contributed by atoms with Gasteiger partial charge in [-0.2, -0.15) is 0 Å². The molecule has 3 rings (SSSR count). The summed E-state index contributed by atoms with van der Waals surface area (Å²) in [6.07, 6.45) is 2.25. The third-order valence-corrected chi connectivity index (χ3v) is 7.48. The lowest BCUT2D eigenvalue weighted by Gasteiger charge is -2.28. The molecule has 0 saturated heterocycles. The minimum absolute atomic E-state index is 0.0643. The van der Waals surface area contributed by atoms with Gasteiger partial charge in [-0.3, -0.25) is 4.79 Å². The van der Waals surface area contributed by atoms with E-state index in [1.54, 1.807) is 48.7 Å². The van der Waals surface area contributed by atoms with Crippen LogP contribution in [0.5, 0.6) is 11.5 Å². The molecule has 204 valence electrons. The van der Waals surface area contributed by atoms with E-state index < -0.39 is 6.03 Å². The fraction of sp³-hybridized carbons (Fsp3) is 0.357. The van der Waals surface area contributed by atoms with E-state index in [0.29, 0.717) is 53.3 Å². The molecule has 0 bridgehead atoms. The van der Waals surface area contributed by atoms with Crippen molar-refractivity contribution in [1.29, 1.82) is 0 Å². The molecule has 1 aromatic heterocycles. The summed E-state index contributed by atoms with van der Waals surface area (Å²) in [5, 5.41) is 5.44. The Morgan fingerprint density at radius 1 is 0.947 bits per heavy atom. The Balaban J connectivity index is 1.76. The Labute approximate surface area is 238 Å². The number of anilines is 1. The van der Waals surface area contributed by atoms with Crippen LogP contribution in [0.4, 0.5) is 10.5 Å². The van der Waals surface area contributed by atoms with Gasteiger partial charge in [-0.15, -0.1) is 11.3 Å². The number of carbonyl (C=O) groups excluding carboxylic acids is 2. The maximum absolute atomic E-state index is 13.6. The zero-order valence-electron chi connectivity index (χ0n) is 21.8. The molecule has 0 aliphatic carbocycles. The maximum atomic E-state index is 13.6. The zero-order chi connectivity index (χ0) is 27.5. The summed E-state index contributed by atoms with van der Waals surface area (Å²) in [7, 11) is 3.19. The van der Waals surface area contributed by atoms with E-state index in [2.05, 4.69) is 5.32 Å². The standard InChI is InChI=1S/C28H33Cl2N3O4S/c1-4-5-14-33(28(35)31-27-22(29)9-6-10-23(27)30)19-26(34)32(18-21-8-7-16-38-21)15-13-20-11-12-24(36-2)25(17-20)37-3/h6-12,16-17H,4-5,13-15,18-19H2,1-3H3,(H,31,35). The van der Waals surface area contributed by atoms with Crippen molar-refractivity contribution >= 4 is 52.2 Å². The number of carbonyl (C=O) groups is 2. The third kappa shape index (κ3) is 8.28. The highest BCUT2D eigenvalue weighted by atomic mass is 35.5. The number of halogens is 2. The molecule has 10 heteroatoms. The van der Waals surface area contributed by atoms with Gasteiger partial charge in [-0.25, -0.2) is 4.79 Å². The molecule has 0 atom stereocenters. The van der Waals surface area contributed by atoms with Gasteiger partial charge >= 0.3 is 6.03 Å². The van der Waals surface area contributed by atoms with Gasteiger partial charge < -0.3 is 24.6 Å². The lowest BCUT2D eigenvalue weighted by Crippen LogP contribution is -2.45. The van der Waals surface area contributed by atoms with Gasteiger partial charge in [-0.1, -0.05) is 54.7 Å². The number of thiophene rings is 1. The van der Waals surface area contributed by atoms with Crippen molar-refractivity contribution in [1.82, 2.24) is 9.80 Å². The van der Waals surface area contributed by atoms with Gasteiger partial charge in [0.2, 0.25) is 5.91 Å². The van der Waals surface area contributed by atoms with Gasteiger partial charge in [0.1, 0.15) is 6.54 Å². The summed E-state index contributed by atoms with van der Waals surface area (Å²) in [4.78, 5) is 31.2. The predicted molar refractivity (Wildman–Crippen MR) is 155 cm³/mol. The molecule has 3 aromatic rings. The summed E-state index contributed by atoms with van der Waals surface area (Å²) in [5.74, 6) is 1.15. The van der Waals surface area contributed by atoms with Crippen LogP contribution in [0.1, 0.15) is 30.2 Å². The Bertz CT molecular complexity index is 1190. The summed E-state index contributed by atoms with van der Waals surface area (Å²) in [6, 6.07) is 14.3.